The Morgan fingerprint density at radius 2 is 2.00 bits per heavy atom. The van der Waals surface area contributed by atoms with E-state index >= 15 is 0 Å². The van der Waals surface area contributed by atoms with Gasteiger partial charge in [0.2, 0.25) is 0 Å². The van der Waals surface area contributed by atoms with Crippen molar-refractivity contribution in [2.45, 2.75) is 19.8 Å². The Hall–Kier alpha value is -2.56. The summed E-state index contributed by atoms with van der Waals surface area (Å²) in [5.74, 6) is -0.321. The number of carbonyl (C=O) groups excluding carboxylic acids is 2. The molecule has 1 aliphatic carbocycles. The Morgan fingerprint density at radius 1 is 1.23 bits per heavy atom. The van der Waals surface area contributed by atoms with E-state index in [1.165, 1.54) is 7.11 Å². The first-order valence-electron chi connectivity index (χ1n) is 7.25. The molecular formula is C17H17NO4. The van der Waals surface area contributed by atoms with Crippen LogP contribution in [0.25, 0.3) is 17.0 Å². The largest absolute Gasteiger partial charge is 0.466 e. The van der Waals surface area contributed by atoms with Gasteiger partial charge in [0.25, 0.3) is 0 Å². The molecule has 0 saturated carbocycles. The van der Waals surface area contributed by atoms with Crippen molar-refractivity contribution in [2.24, 2.45) is 0 Å². The fourth-order valence-electron chi connectivity index (χ4n) is 2.91. The summed E-state index contributed by atoms with van der Waals surface area (Å²) in [7, 11) is 1.38. The number of benzene rings is 1. The Labute approximate surface area is 128 Å². The Morgan fingerprint density at radius 3 is 2.73 bits per heavy atom. The van der Waals surface area contributed by atoms with E-state index in [4.69, 9.17) is 9.47 Å². The summed E-state index contributed by atoms with van der Waals surface area (Å²) in [4.78, 5) is 24.1. The zero-order valence-corrected chi connectivity index (χ0v) is 12.6. The number of rotatable bonds is 2. The Balaban J connectivity index is 2.22. The molecule has 2 aromatic rings. The summed E-state index contributed by atoms with van der Waals surface area (Å²) in [6.45, 7) is 2.11. The third-order valence-corrected chi connectivity index (χ3v) is 3.86. The standard InChI is InChI=1S/C17H17NO4/c1-3-22-17(20)18-14-7-5-4-6-12(14)13-10-11(16(19)21-2)8-9-15(13)18/h4-7,10H,3,8-9H2,1-2H3. The Bertz CT molecular complexity index is 785. The quantitative estimate of drug-likeness (QED) is 0.799. The minimum atomic E-state index is -0.380. The molecule has 0 atom stereocenters. The van der Waals surface area contributed by atoms with Gasteiger partial charge in [-0.15, -0.1) is 0 Å². The average Bonchev–Trinajstić information content (AvgIpc) is 2.88. The van der Waals surface area contributed by atoms with Crippen LogP contribution >= 0.6 is 0 Å². The fourth-order valence-corrected chi connectivity index (χ4v) is 2.91. The monoisotopic (exact) mass is 299 g/mol. The van der Waals surface area contributed by atoms with Gasteiger partial charge in [-0.05, 0) is 31.9 Å². The van der Waals surface area contributed by atoms with Crippen LogP contribution in [-0.4, -0.2) is 30.3 Å². The smallest absolute Gasteiger partial charge is 0.418 e. The van der Waals surface area contributed by atoms with Crippen molar-refractivity contribution in [1.29, 1.82) is 0 Å². The molecule has 114 valence electrons. The van der Waals surface area contributed by atoms with E-state index < -0.39 is 0 Å². The maximum Gasteiger partial charge on any atom is 0.418 e. The SMILES string of the molecule is CCOC(=O)n1c2c(c3ccccc31)C=C(C(=O)OC)CC2. The first-order chi connectivity index (χ1) is 10.7. The van der Waals surface area contributed by atoms with E-state index in [1.807, 2.05) is 30.3 Å². The lowest BCUT2D eigenvalue weighted by Crippen LogP contribution is -2.18. The first-order valence-corrected chi connectivity index (χ1v) is 7.25. The second kappa shape index (κ2) is 5.67. The number of aromatic nitrogens is 1. The van der Waals surface area contributed by atoms with Crippen LogP contribution in [0.1, 0.15) is 24.6 Å². The van der Waals surface area contributed by atoms with Gasteiger partial charge >= 0.3 is 12.1 Å². The minimum Gasteiger partial charge on any atom is -0.466 e. The lowest BCUT2D eigenvalue weighted by Gasteiger charge is -2.14. The summed E-state index contributed by atoms with van der Waals surface area (Å²) in [6.07, 6.45) is 2.59. The van der Waals surface area contributed by atoms with E-state index in [0.717, 1.165) is 22.2 Å². The van der Waals surface area contributed by atoms with E-state index in [9.17, 15) is 9.59 Å². The molecule has 0 spiro atoms. The maximum atomic E-state index is 12.3. The van der Waals surface area contributed by atoms with E-state index in [2.05, 4.69) is 0 Å². The number of nitrogens with zero attached hydrogens (tertiary/aromatic N) is 1. The highest BCUT2D eigenvalue weighted by Crippen LogP contribution is 2.34. The van der Waals surface area contributed by atoms with Crippen LogP contribution in [0.4, 0.5) is 4.79 Å². The van der Waals surface area contributed by atoms with Crippen LogP contribution in [0.3, 0.4) is 0 Å². The lowest BCUT2D eigenvalue weighted by molar-refractivity contribution is -0.136. The number of hydrogen-bond acceptors (Lipinski definition) is 4. The molecule has 0 aliphatic heterocycles. The predicted molar refractivity (Wildman–Crippen MR) is 82.7 cm³/mol. The van der Waals surface area contributed by atoms with Crippen LogP contribution in [0.15, 0.2) is 29.8 Å². The normalized spacial score (nSPS) is 13.5. The number of carbonyl (C=O) groups is 2. The third kappa shape index (κ3) is 2.19. The van der Waals surface area contributed by atoms with Crippen molar-refractivity contribution < 1.29 is 19.1 Å². The highest BCUT2D eigenvalue weighted by atomic mass is 16.5. The van der Waals surface area contributed by atoms with Crippen molar-refractivity contribution in [3.05, 3.63) is 41.1 Å². The highest BCUT2D eigenvalue weighted by Gasteiger charge is 2.26. The van der Waals surface area contributed by atoms with Crippen molar-refractivity contribution in [3.63, 3.8) is 0 Å². The summed E-state index contributed by atoms with van der Waals surface area (Å²) in [5, 5.41) is 0.937. The molecule has 1 aliphatic rings. The first kappa shape index (κ1) is 14.4. The van der Waals surface area contributed by atoms with Gasteiger partial charge < -0.3 is 9.47 Å². The predicted octanol–water partition coefficient (Wildman–Crippen LogP) is 3.15. The van der Waals surface area contributed by atoms with Crippen LogP contribution in [0, 0.1) is 0 Å². The molecule has 1 aromatic heterocycles. The van der Waals surface area contributed by atoms with E-state index in [0.29, 0.717) is 25.0 Å². The van der Waals surface area contributed by atoms with Gasteiger partial charge in [0, 0.05) is 22.2 Å². The molecule has 0 radical (unpaired) electrons. The number of esters is 1. The third-order valence-electron chi connectivity index (χ3n) is 3.86. The number of methoxy groups -OCH3 is 1. The number of ether oxygens (including phenoxy) is 2. The molecular weight excluding hydrogens is 282 g/mol. The second-order valence-electron chi connectivity index (χ2n) is 5.07. The van der Waals surface area contributed by atoms with E-state index in [-0.39, 0.29) is 12.1 Å². The molecule has 1 heterocycles. The van der Waals surface area contributed by atoms with Crippen molar-refractivity contribution in [1.82, 2.24) is 4.57 Å². The Kier molecular flexibility index (Phi) is 3.71. The zero-order valence-electron chi connectivity index (χ0n) is 12.6. The second-order valence-corrected chi connectivity index (χ2v) is 5.07. The molecule has 5 nitrogen and oxygen atoms in total. The fraction of sp³-hybridized carbons (Fsp3) is 0.294. The van der Waals surface area contributed by atoms with Crippen LogP contribution in [0.5, 0.6) is 0 Å². The van der Waals surface area contributed by atoms with Gasteiger partial charge in [-0.2, -0.15) is 0 Å². The number of hydrogen-bond donors (Lipinski definition) is 0. The average molecular weight is 299 g/mol. The summed E-state index contributed by atoms with van der Waals surface area (Å²) < 4.78 is 11.6. The molecule has 0 unspecified atom stereocenters. The van der Waals surface area contributed by atoms with Gasteiger partial charge in [0.1, 0.15) is 0 Å². The van der Waals surface area contributed by atoms with Gasteiger partial charge in [-0.1, -0.05) is 18.2 Å². The summed E-state index contributed by atoms with van der Waals surface area (Å²) in [5.41, 5.74) is 3.21. The van der Waals surface area contributed by atoms with Gasteiger partial charge in [0.05, 0.1) is 19.2 Å². The van der Waals surface area contributed by atoms with Crippen LogP contribution in [-0.2, 0) is 20.7 Å². The summed E-state index contributed by atoms with van der Waals surface area (Å²) in [6, 6.07) is 7.63. The lowest BCUT2D eigenvalue weighted by atomic mass is 9.96. The molecule has 22 heavy (non-hydrogen) atoms. The van der Waals surface area contributed by atoms with Gasteiger partial charge in [0.15, 0.2) is 0 Å². The van der Waals surface area contributed by atoms with Crippen LogP contribution < -0.4 is 0 Å². The molecule has 3 rings (SSSR count). The summed E-state index contributed by atoms with van der Waals surface area (Å²) >= 11 is 0. The molecule has 0 amide bonds. The zero-order chi connectivity index (χ0) is 15.7. The molecule has 0 bridgehead atoms. The molecule has 0 N–H and O–H groups in total. The molecule has 0 saturated heterocycles. The van der Waals surface area contributed by atoms with Gasteiger partial charge in [-0.25, -0.2) is 14.2 Å². The van der Waals surface area contributed by atoms with Crippen molar-refractivity contribution in [2.75, 3.05) is 13.7 Å². The van der Waals surface area contributed by atoms with Crippen molar-refractivity contribution >= 4 is 29.0 Å². The maximum absolute atomic E-state index is 12.3. The van der Waals surface area contributed by atoms with E-state index in [1.54, 1.807) is 11.5 Å². The number of fused-ring (bicyclic) bond motifs is 3. The van der Waals surface area contributed by atoms with Gasteiger partial charge in [-0.3, -0.25) is 0 Å². The van der Waals surface area contributed by atoms with Crippen LogP contribution in [0.2, 0.25) is 0 Å². The minimum absolute atomic E-state index is 0.321. The molecule has 1 aromatic carbocycles. The molecule has 0 fully saturated rings. The number of para-hydroxylation sites is 1. The van der Waals surface area contributed by atoms with Crippen molar-refractivity contribution in [3.8, 4) is 0 Å². The topological polar surface area (TPSA) is 57.5 Å². The molecule has 5 heteroatoms. The highest BCUT2D eigenvalue weighted by molar-refractivity contribution is 6.02.